The fourth-order valence-electron chi connectivity index (χ4n) is 3.16. The Morgan fingerprint density at radius 1 is 1.12 bits per heavy atom. The van der Waals surface area contributed by atoms with Crippen LogP contribution in [0.1, 0.15) is 29.3 Å². The first-order valence-corrected chi connectivity index (χ1v) is 8.73. The molecule has 0 aliphatic carbocycles. The van der Waals surface area contributed by atoms with Gasteiger partial charge in [-0.05, 0) is 45.6 Å². The molecule has 1 aromatic heterocycles. The summed E-state index contributed by atoms with van der Waals surface area (Å²) in [6, 6.07) is 10.9. The lowest BCUT2D eigenvalue weighted by molar-refractivity contribution is 0.387. The van der Waals surface area contributed by atoms with Gasteiger partial charge >= 0.3 is 0 Å². The van der Waals surface area contributed by atoms with Gasteiger partial charge in [-0.3, -0.25) is 0 Å². The van der Waals surface area contributed by atoms with E-state index in [1.54, 1.807) is 6.33 Å². The second-order valence-corrected chi connectivity index (χ2v) is 6.60. The Morgan fingerprint density at radius 3 is 2.71 bits per heavy atom. The lowest BCUT2D eigenvalue weighted by Gasteiger charge is -2.23. The Balaban J connectivity index is 1.84. The van der Waals surface area contributed by atoms with Gasteiger partial charge in [-0.2, -0.15) is 0 Å². The van der Waals surface area contributed by atoms with Crippen molar-refractivity contribution in [2.24, 2.45) is 0 Å². The molecule has 3 rings (SSSR count). The van der Waals surface area contributed by atoms with Gasteiger partial charge in [-0.25, -0.2) is 9.97 Å². The first-order chi connectivity index (χ1) is 11.7. The topological polar surface area (TPSA) is 53.1 Å². The van der Waals surface area contributed by atoms with Crippen LogP contribution in [0.15, 0.2) is 36.7 Å². The average Bonchev–Trinajstić information content (AvgIpc) is 2.85. The van der Waals surface area contributed by atoms with Gasteiger partial charge < -0.3 is 15.5 Å². The molecule has 0 fully saturated rings. The van der Waals surface area contributed by atoms with Crippen LogP contribution in [-0.2, 0) is 12.8 Å². The molecule has 1 aromatic carbocycles. The molecule has 0 spiro atoms. The van der Waals surface area contributed by atoms with Crippen molar-refractivity contribution in [2.75, 3.05) is 39.0 Å². The Bertz CT molecular complexity index is 641. The number of benzene rings is 1. The zero-order chi connectivity index (χ0) is 16.8. The smallest absolute Gasteiger partial charge is 0.133 e. The second kappa shape index (κ2) is 8.22. The van der Waals surface area contributed by atoms with Gasteiger partial charge in [0.05, 0.1) is 11.7 Å². The summed E-state index contributed by atoms with van der Waals surface area (Å²) in [7, 11) is 4.23. The van der Waals surface area contributed by atoms with Crippen LogP contribution in [-0.4, -0.2) is 48.6 Å². The van der Waals surface area contributed by atoms with E-state index in [4.69, 9.17) is 0 Å². The van der Waals surface area contributed by atoms with Crippen molar-refractivity contribution in [2.45, 2.75) is 25.3 Å². The van der Waals surface area contributed by atoms with Crippen molar-refractivity contribution in [1.82, 2.24) is 20.2 Å². The van der Waals surface area contributed by atoms with Crippen LogP contribution < -0.4 is 10.6 Å². The van der Waals surface area contributed by atoms with Crippen LogP contribution in [0, 0.1) is 0 Å². The van der Waals surface area contributed by atoms with Gasteiger partial charge in [0.25, 0.3) is 0 Å². The van der Waals surface area contributed by atoms with Crippen LogP contribution in [0.25, 0.3) is 0 Å². The van der Waals surface area contributed by atoms with Crippen molar-refractivity contribution in [3.05, 3.63) is 53.5 Å². The first-order valence-electron chi connectivity index (χ1n) is 8.73. The van der Waals surface area contributed by atoms with Crippen LogP contribution in [0.3, 0.4) is 0 Å². The molecular weight excluding hydrogens is 298 g/mol. The zero-order valence-corrected chi connectivity index (χ0v) is 14.6. The average molecular weight is 325 g/mol. The van der Waals surface area contributed by atoms with Crippen LogP contribution >= 0.6 is 0 Å². The summed E-state index contributed by atoms with van der Waals surface area (Å²) in [5, 5.41) is 7.15. The van der Waals surface area contributed by atoms with Crippen molar-refractivity contribution < 1.29 is 0 Å². The molecule has 5 heteroatoms. The normalized spacial score (nSPS) is 15.6. The fraction of sp³-hybridized carbons (Fsp3) is 0.474. The molecule has 24 heavy (non-hydrogen) atoms. The standard InChI is InChI=1S/C19H27N5/c1-24(2)13-10-17(15-6-4-3-5-7-15)23-19-16-8-11-20-12-9-18(16)21-14-22-19/h3-7,14,17,20H,8-13H2,1-2H3,(H,21,22,23). The number of nitrogens with zero attached hydrogens (tertiary/aromatic N) is 3. The molecule has 5 nitrogen and oxygen atoms in total. The van der Waals surface area contributed by atoms with Gasteiger partial charge in [0.1, 0.15) is 12.1 Å². The molecule has 1 aliphatic heterocycles. The number of aromatic nitrogens is 2. The number of anilines is 1. The SMILES string of the molecule is CN(C)CCC(Nc1ncnc2c1CCNCC2)c1ccccc1. The maximum atomic E-state index is 4.56. The van der Waals surface area contributed by atoms with Gasteiger partial charge in [-0.15, -0.1) is 0 Å². The number of nitrogens with one attached hydrogen (secondary N) is 2. The van der Waals surface area contributed by atoms with Gasteiger partial charge in [0.15, 0.2) is 0 Å². The Labute approximate surface area is 144 Å². The minimum atomic E-state index is 0.254. The summed E-state index contributed by atoms with van der Waals surface area (Å²) in [4.78, 5) is 11.3. The molecule has 0 bridgehead atoms. The Hall–Kier alpha value is -1.98. The third kappa shape index (κ3) is 4.30. The highest BCUT2D eigenvalue weighted by Gasteiger charge is 2.18. The molecule has 0 radical (unpaired) electrons. The maximum Gasteiger partial charge on any atom is 0.133 e. The molecule has 2 N–H and O–H groups in total. The van der Waals surface area contributed by atoms with E-state index in [0.29, 0.717) is 0 Å². The van der Waals surface area contributed by atoms with E-state index in [-0.39, 0.29) is 6.04 Å². The molecule has 1 atom stereocenters. The summed E-state index contributed by atoms with van der Waals surface area (Å²) < 4.78 is 0. The second-order valence-electron chi connectivity index (χ2n) is 6.60. The highest BCUT2D eigenvalue weighted by atomic mass is 15.1. The van der Waals surface area contributed by atoms with Crippen molar-refractivity contribution in [1.29, 1.82) is 0 Å². The summed E-state index contributed by atoms with van der Waals surface area (Å²) in [6.45, 7) is 3.01. The first kappa shape index (κ1) is 16.9. The van der Waals surface area contributed by atoms with Crippen LogP contribution in [0.5, 0.6) is 0 Å². The zero-order valence-electron chi connectivity index (χ0n) is 14.6. The predicted molar refractivity (Wildman–Crippen MR) is 98.3 cm³/mol. The van der Waals surface area contributed by atoms with E-state index in [1.165, 1.54) is 16.8 Å². The Kier molecular flexibility index (Phi) is 5.77. The van der Waals surface area contributed by atoms with E-state index in [1.807, 2.05) is 0 Å². The number of fused-ring (bicyclic) bond motifs is 1. The van der Waals surface area contributed by atoms with Crippen molar-refractivity contribution in [3.63, 3.8) is 0 Å². The number of hydrogen-bond acceptors (Lipinski definition) is 5. The maximum absolute atomic E-state index is 4.56. The lowest BCUT2D eigenvalue weighted by Crippen LogP contribution is -2.21. The monoisotopic (exact) mass is 325 g/mol. The summed E-state index contributed by atoms with van der Waals surface area (Å²) in [5.74, 6) is 0.997. The van der Waals surface area contributed by atoms with Crippen LogP contribution in [0.4, 0.5) is 5.82 Å². The van der Waals surface area contributed by atoms with Gasteiger partial charge in [0, 0.05) is 18.5 Å². The molecule has 0 amide bonds. The van der Waals surface area contributed by atoms with E-state index in [2.05, 4.69) is 69.9 Å². The van der Waals surface area contributed by atoms with Gasteiger partial charge in [-0.1, -0.05) is 30.3 Å². The minimum Gasteiger partial charge on any atom is -0.363 e. The molecule has 0 saturated carbocycles. The van der Waals surface area contributed by atoms with Gasteiger partial charge in [0.2, 0.25) is 0 Å². The quantitative estimate of drug-likeness (QED) is 0.853. The third-order valence-electron chi connectivity index (χ3n) is 4.50. The minimum absolute atomic E-state index is 0.254. The number of rotatable bonds is 6. The predicted octanol–water partition coefficient (Wildman–Crippen LogP) is 2.27. The van der Waals surface area contributed by atoms with E-state index in [0.717, 1.165) is 44.7 Å². The van der Waals surface area contributed by atoms with Crippen LogP contribution in [0.2, 0.25) is 0 Å². The van der Waals surface area contributed by atoms with E-state index in [9.17, 15) is 0 Å². The molecular formula is C19H27N5. The summed E-state index contributed by atoms with van der Waals surface area (Å²) in [6.07, 6.45) is 4.68. The molecule has 1 unspecified atom stereocenters. The largest absolute Gasteiger partial charge is 0.363 e. The van der Waals surface area contributed by atoms with E-state index >= 15 is 0 Å². The highest BCUT2D eigenvalue weighted by molar-refractivity contribution is 5.48. The summed E-state index contributed by atoms with van der Waals surface area (Å²) >= 11 is 0. The molecule has 2 heterocycles. The molecule has 128 valence electrons. The third-order valence-corrected chi connectivity index (χ3v) is 4.50. The van der Waals surface area contributed by atoms with Crippen molar-refractivity contribution >= 4 is 5.82 Å². The molecule has 0 saturated heterocycles. The highest BCUT2D eigenvalue weighted by Crippen LogP contribution is 2.26. The van der Waals surface area contributed by atoms with Crippen molar-refractivity contribution in [3.8, 4) is 0 Å². The Morgan fingerprint density at radius 2 is 1.92 bits per heavy atom. The number of hydrogen-bond donors (Lipinski definition) is 2. The fourth-order valence-corrected chi connectivity index (χ4v) is 3.16. The van der Waals surface area contributed by atoms with E-state index < -0.39 is 0 Å². The summed E-state index contributed by atoms with van der Waals surface area (Å²) in [5.41, 5.74) is 3.75. The molecule has 1 aliphatic rings. The molecule has 2 aromatic rings. The lowest BCUT2D eigenvalue weighted by atomic mass is 10.0.